The summed E-state index contributed by atoms with van der Waals surface area (Å²) < 4.78 is 5.44. The average molecular weight is 969 g/mol. The highest BCUT2D eigenvalue weighted by atomic mass is 35.5. The minimum atomic E-state index is -0.755. The Kier molecular flexibility index (Phi) is 24.0. The number of aliphatic hydroxyl groups excluding tert-OH is 2. The van der Waals surface area contributed by atoms with E-state index < -0.39 is 6.10 Å². The number of aryl methyl sites for hydroxylation is 1. The number of benzene rings is 5. The van der Waals surface area contributed by atoms with E-state index in [0.717, 1.165) is 83.4 Å². The molecule has 11 nitrogen and oxygen atoms in total. The molecule has 1 fully saturated rings. The van der Waals surface area contributed by atoms with E-state index >= 15 is 0 Å². The summed E-state index contributed by atoms with van der Waals surface area (Å²) in [5, 5.41) is 35.2. The molecule has 2 heterocycles. The summed E-state index contributed by atoms with van der Waals surface area (Å²) in [4.78, 5) is 20.5. The van der Waals surface area contributed by atoms with Crippen LogP contribution < -0.4 is 19.8 Å². The number of rotatable bonds is 18. The highest BCUT2D eigenvalue weighted by Gasteiger charge is 2.19. The predicted octanol–water partition coefficient (Wildman–Crippen LogP) is 12.8. The van der Waals surface area contributed by atoms with Crippen LogP contribution in [0.25, 0.3) is 22.3 Å². The third-order valence-electron chi connectivity index (χ3n) is 10.7. The number of nitro groups is 1. The fourth-order valence-corrected chi connectivity index (χ4v) is 8.62. The van der Waals surface area contributed by atoms with E-state index in [0.29, 0.717) is 30.2 Å². The van der Waals surface area contributed by atoms with Crippen molar-refractivity contribution in [3.63, 3.8) is 0 Å². The standard InChI is InChI=1S/C45H47ClN6O4S2.C4H11N.2C2H6/c46-35-12-10-33(11-13-35)42-30-49(24-20-39(54)32-53)31-43(42)34-6-4-7-38(28-34)51-23-5-22-50(25-26-51)37-16-14-36(15-17-37)48-58-41-18-19-44(45(29-41)52(55)56)47-21-27-57-40-8-2-1-3-9-40;1-4-5(2)3;2*1-2/h1-4,6-19,28-31,39,47-48,53-54H,5,20-27,32H2;4H2,1-3H3;2*1-2H3. The van der Waals surface area contributed by atoms with E-state index in [-0.39, 0.29) is 17.2 Å². The van der Waals surface area contributed by atoms with Crippen LogP contribution in [0.3, 0.4) is 0 Å². The van der Waals surface area contributed by atoms with Gasteiger partial charge in [0.15, 0.2) is 0 Å². The molecule has 0 saturated carbocycles. The fraction of sp³-hybridized carbons (Fsp3) is 0.358. The van der Waals surface area contributed by atoms with Gasteiger partial charge in [-0.15, -0.1) is 11.8 Å². The predicted molar refractivity (Wildman–Crippen MR) is 289 cm³/mol. The summed E-state index contributed by atoms with van der Waals surface area (Å²) in [6, 6.07) is 40.3. The lowest BCUT2D eigenvalue weighted by Gasteiger charge is -2.25. The van der Waals surface area contributed by atoms with Crippen LogP contribution in [0.1, 0.15) is 47.5 Å². The Hall–Kier alpha value is -5.15. The number of hydrogen-bond donors (Lipinski definition) is 4. The molecule has 7 rings (SSSR count). The summed E-state index contributed by atoms with van der Waals surface area (Å²) in [6.07, 6.45) is 4.95. The van der Waals surface area contributed by atoms with Crippen LogP contribution in [0, 0.1) is 10.1 Å². The maximum absolute atomic E-state index is 11.9. The van der Waals surface area contributed by atoms with E-state index in [4.69, 9.17) is 11.6 Å². The van der Waals surface area contributed by atoms with Gasteiger partial charge in [0, 0.05) is 106 Å². The van der Waals surface area contributed by atoms with Gasteiger partial charge in [-0.1, -0.05) is 88.7 Å². The third kappa shape index (κ3) is 17.5. The minimum Gasteiger partial charge on any atom is -0.394 e. The first-order chi connectivity index (χ1) is 32.6. The van der Waals surface area contributed by atoms with Crippen LogP contribution in [0.4, 0.5) is 28.4 Å². The monoisotopic (exact) mass is 967 g/mol. The molecule has 14 heteroatoms. The molecule has 1 saturated heterocycles. The maximum Gasteiger partial charge on any atom is 0.293 e. The molecule has 6 aromatic rings. The van der Waals surface area contributed by atoms with Gasteiger partial charge in [-0.05, 0) is 129 Å². The van der Waals surface area contributed by atoms with Crippen molar-refractivity contribution >= 4 is 63.7 Å². The number of halogens is 1. The van der Waals surface area contributed by atoms with Crippen molar-refractivity contribution < 1.29 is 15.1 Å². The molecule has 5 aromatic carbocycles. The molecule has 1 aliphatic rings. The molecule has 0 aliphatic carbocycles. The zero-order chi connectivity index (χ0) is 48.6. The van der Waals surface area contributed by atoms with Gasteiger partial charge in [0.1, 0.15) is 5.69 Å². The van der Waals surface area contributed by atoms with Crippen molar-refractivity contribution in [2.24, 2.45) is 0 Å². The zero-order valence-electron chi connectivity index (χ0n) is 40.2. The number of hydrogen-bond acceptors (Lipinski definition) is 11. The van der Waals surface area contributed by atoms with Gasteiger partial charge in [0.2, 0.25) is 0 Å². The van der Waals surface area contributed by atoms with Crippen molar-refractivity contribution in [2.75, 3.05) is 85.6 Å². The lowest BCUT2D eigenvalue weighted by atomic mass is 9.98. The van der Waals surface area contributed by atoms with E-state index in [9.17, 15) is 20.3 Å². The molecule has 67 heavy (non-hydrogen) atoms. The third-order valence-corrected chi connectivity index (χ3v) is 12.8. The maximum atomic E-state index is 11.9. The highest BCUT2D eigenvalue weighted by Crippen LogP contribution is 2.36. The van der Waals surface area contributed by atoms with Crippen LogP contribution in [0.5, 0.6) is 0 Å². The van der Waals surface area contributed by atoms with E-state index in [1.165, 1.54) is 22.5 Å². The summed E-state index contributed by atoms with van der Waals surface area (Å²) >= 11 is 9.29. The molecule has 0 spiro atoms. The topological polar surface area (TPSA) is 122 Å². The molecule has 4 N–H and O–H groups in total. The molecule has 1 unspecified atom stereocenters. The lowest BCUT2D eigenvalue weighted by Crippen LogP contribution is -2.30. The molecule has 1 aliphatic heterocycles. The van der Waals surface area contributed by atoms with Gasteiger partial charge in [-0.25, -0.2) is 0 Å². The van der Waals surface area contributed by atoms with Gasteiger partial charge in [0.05, 0.1) is 17.6 Å². The van der Waals surface area contributed by atoms with Crippen LogP contribution in [-0.2, 0) is 6.54 Å². The van der Waals surface area contributed by atoms with Crippen molar-refractivity contribution in [1.29, 1.82) is 0 Å². The van der Waals surface area contributed by atoms with Crippen molar-refractivity contribution in [3.05, 3.63) is 149 Å². The number of anilines is 4. The smallest absolute Gasteiger partial charge is 0.293 e. The van der Waals surface area contributed by atoms with Crippen molar-refractivity contribution in [2.45, 2.75) is 69.9 Å². The summed E-state index contributed by atoms with van der Waals surface area (Å²) in [5.74, 6) is 0.795. The van der Waals surface area contributed by atoms with E-state index in [1.54, 1.807) is 23.9 Å². The lowest BCUT2D eigenvalue weighted by molar-refractivity contribution is -0.384. The van der Waals surface area contributed by atoms with Gasteiger partial charge in [-0.2, -0.15) is 0 Å². The molecule has 0 radical (unpaired) electrons. The molecular weight excluding hydrogens is 898 g/mol. The first kappa shape index (κ1) is 54.5. The normalized spacial score (nSPS) is 12.6. The molecule has 1 atom stereocenters. The SMILES string of the molecule is CC.CC.CCN(C)C.O=[N+]([O-])c1cc(SNc2ccc(N3CCCN(c4cccc(-c5cn(CCC(O)CO)cc5-c5ccc(Cl)cc5)c4)CC3)cc2)ccc1NCCSc1ccccc1. The first-order valence-corrected chi connectivity index (χ1v) is 25.5. The average Bonchev–Trinajstić information content (AvgIpc) is 3.65. The second-order valence-corrected chi connectivity index (χ2v) is 18.0. The Balaban J connectivity index is 0.00000101. The Labute approximate surface area is 412 Å². The van der Waals surface area contributed by atoms with Gasteiger partial charge in [-0.3, -0.25) is 10.1 Å². The minimum absolute atomic E-state index is 0.0578. The van der Waals surface area contributed by atoms with Gasteiger partial charge >= 0.3 is 0 Å². The number of aromatic nitrogens is 1. The number of nitrogens with one attached hydrogen (secondary N) is 2. The molecular formula is C53H70ClN7O4S2. The second-order valence-electron chi connectivity index (χ2n) is 15.5. The Bertz CT molecular complexity index is 2330. The number of thioether (sulfide) groups is 1. The molecule has 0 amide bonds. The molecule has 360 valence electrons. The number of nitro benzene ring substituents is 1. The van der Waals surface area contributed by atoms with Crippen molar-refractivity contribution in [1.82, 2.24) is 9.47 Å². The first-order valence-electron chi connectivity index (χ1n) is 23.3. The van der Waals surface area contributed by atoms with Crippen molar-refractivity contribution in [3.8, 4) is 22.3 Å². The summed E-state index contributed by atoms with van der Waals surface area (Å²) in [6.45, 7) is 15.8. The number of nitrogens with zero attached hydrogens (tertiary/aromatic N) is 5. The van der Waals surface area contributed by atoms with Crippen LogP contribution in [0.2, 0.25) is 5.02 Å². The summed E-state index contributed by atoms with van der Waals surface area (Å²) in [5.41, 5.74) is 8.18. The number of aliphatic hydroxyl groups is 2. The van der Waals surface area contributed by atoms with E-state index in [1.807, 2.05) is 76.2 Å². The highest BCUT2D eigenvalue weighted by molar-refractivity contribution is 8.00. The Morgan fingerprint density at radius 3 is 2.04 bits per heavy atom. The Morgan fingerprint density at radius 1 is 0.776 bits per heavy atom. The van der Waals surface area contributed by atoms with E-state index in [2.05, 4.69) is 123 Å². The second kappa shape index (κ2) is 29.6. The van der Waals surface area contributed by atoms with Gasteiger partial charge in [0.25, 0.3) is 5.69 Å². The largest absolute Gasteiger partial charge is 0.394 e. The Morgan fingerprint density at radius 2 is 1.42 bits per heavy atom. The van der Waals surface area contributed by atoms with Crippen LogP contribution in [0.15, 0.2) is 144 Å². The summed E-state index contributed by atoms with van der Waals surface area (Å²) in [7, 11) is 4.11. The molecule has 1 aromatic heterocycles. The molecule has 0 bridgehead atoms. The fourth-order valence-electron chi connectivity index (χ4n) is 7.02. The van der Waals surface area contributed by atoms with Crippen LogP contribution in [-0.4, -0.2) is 96.4 Å². The quantitative estimate of drug-likeness (QED) is 0.0216. The van der Waals surface area contributed by atoms with Crippen LogP contribution >= 0.6 is 35.3 Å². The zero-order valence-corrected chi connectivity index (χ0v) is 42.6. The van der Waals surface area contributed by atoms with Gasteiger partial charge < -0.3 is 39.5 Å².